The van der Waals surface area contributed by atoms with Crippen LogP contribution in [0.25, 0.3) is 27.8 Å². The summed E-state index contributed by atoms with van der Waals surface area (Å²) >= 11 is 0. The number of nitrogens with zero attached hydrogens (tertiary/aromatic N) is 3. The van der Waals surface area contributed by atoms with Gasteiger partial charge in [0.2, 0.25) is 0 Å². The molecule has 0 amide bonds. The van der Waals surface area contributed by atoms with Gasteiger partial charge in [-0.15, -0.1) is 0 Å². The number of fused-ring (bicyclic) bond motifs is 1. The minimum absolute atomic E-state index is 0.383. The SMILES string of the molecule is COc1ccc(-c2cc3ccc(-n4nc(C)nc4C)cc3oc2=O)cc1. The molecule has 130 valence electrons. The van der Waals surface area contributed by atoms with Crippen LogP contribution in [0.3, 0.4) is 0 Å². The van der Waals surface area contributed by atoms with Crippen LogP contribution in [0.15, 0.2) is 57.7 Å². The standard InChI is InChI=1S/C20H17N3O3/c1-12-21-13(2)23(22-12)16-7-4-15-10-18(20(24)26-19(15)11-16)14-5-8-17(25-3)9-6-14/h4-11H,1-3H3. The fourth-order valence-electron chi connectivity index (χ4n) is 2.97. The van der Waals surface area contributed by atoms with E-state index in [1.165, 1.54) is 0 Å². The number of benzene rings is 2. The Morgan fingerprint density at radius 3 is 2.46 bits per heavy atom. The van der Waals surface area contributed by atoms with Gasteiger partial charge >= 0.3 is 5.63 Å². The van der Waals surface area contributed by atoms with Gasteiger partial charge in [-0.2, -0.15) is 5.10 Å². The van der Waals surface area contributed by atoms with E-state index in [0.29, 0.717) is 17.0 Å². The van der Waals surface area contributed by atoms with Gasteiger partial charge in [-0.3, -0.25) is 0 Å². The van der Waals surface area contributed by atoms with Gasteiger partial charge < -0.3 is 9.15 Å². The fourth-order valence-corrected chi connectivity index (χ4v) is 2.97. The highest BCUT2D eigenvalue weighted by atomic mass is 16.5. The molecule has 0 atom stereocenters. The minimum atomic E-state index is -0.383. The van der Waals surface area contributed by atoms with E-state index in [4.69, 9.17) is 9.15 Å². The molecule has 0 aliphatic heterocycles. The van der Waals surface area contributed by atoms with E-state index in [0.717, 1.165) is 28.2 Å². The first-order chi connectivity index (χ1) is 12.5. The number of aromatic nitrogens is 3. The van der Waals surface area contributed by atoms with Gasteiger partial charge in [0.15, 0.2) is 0 Å². The Balaban J connectivity index is 1.81. The largest absolute Gasteiger partial charge is 0.497 e. The molecular weight excluding hydrogens is 330 g/mol. The molecule has 0 aliphatic rings. The summed E-state index contributed by atoms with van der Waals surface area (Å²) in [4.78, 5) is 16.8. The summed E-state index contributed by atoms with van der Waals surface area (Å²) in [5.74, 6) is 2.21. The van der Waals surface area contributed by atoms with Gasteiger partial charge in [0.25, 0.3) is 0 Å². The molecule has 0 N–H and O–H groups in total. The van der Waals surface area contributed by atoms with Crippen LogP contribution in [0.5, 0.6) is 5.75 Å². The smallest absolute Gasteiger partial charge is 0.344 e. The van der Waals surface area contributed by atoms with Crippen molar-refractivity contribution in [3.05, 3.63) is 70.6 Å². The minimum Gasteiger partial charge on any atom is -0.497 e. The average molecular weight is 347 g/mol. The van der Waals surface area contributed by atoms with E-state index in [1.54, 1.807) is 17.9 Å². The molecule has 0 saturated heterocycles. The van der Waals surface area contributed by atoms with E-state index >= 15 is 0 Å². The zero-order valence-electron chi connectivity index (χ0n) is 14.7. The maximum atomic E-state index is 12.5. The first-order valence-electron chi connectivity index (χ1n) is 8.18. The summed E-state index contributed by atoms with van der Waals surface area (Å²) in [6.07, 6.45) is 0. The molecule has 6 nitrogen and oxygen atoms in total. The van der Waals surface area contributed by atoms with Gasteiger partial charge in [0, 0.05) is 11.5 Å². The van der Waals surface area contributed by atoms with Crippen molar-refractivity contribution in [1.82, 2.24) is 14.8 Å². The molecule has 6 heteroatoms. The van der Waals surface area contributed by atoms with Crippen molar-refractivity contribution < 1.29 is 9.15 Å². The Morgan fingerprint density at radius 1 is 1.04 bits per heavy atom. The summed E-state index contributed by atoms with van der Waals surface area (Å²) in [5.41, 5.74) is 2.23. The molecule has 26 heavy (non-hydrogen) atoms. The van der Waals surface area contributed by atoms with E-state index in [2.05, 4.69) is 10.1 Å². The first kappa shape index (κ1) is 16.1. The van der Waals surface area contributed by atoms with Gasteiger partial charge in [-0.25, -0.2) is 14.5 Å². The molecule has 4 rings (SSSR count). The van der Waals surface area contributed by atoms with Crippen LogP contribution in [-0.2, 0) is 0 Å². The second-order valence-corrected chi connectivity index (χ2v) is 6.02. The second-order valence-electron chi connectivity index (χ2n) is 6.02. The first-order valence-corrected chi connectivity index (χ1v) is 8.18. The maximum Gasteiger partial charge on any atom is 0.344 e. The molecule has 0 fully saturated rings. The van der Waals surface area contributed by atoms with Crippen molar-refractivity contribution in [3.8, 4) is 22.6 Å². The quantitative estimate of drug-likeness (QED) is 0.529. The highest BCUT2D eigenvalue weighted by Crippen LogP contribution is 2.24. The van der Waals surface area contributed by atoms with Gasteiger partial charge in [0.05, 0.1) is 18.4 Å². The Hall–Kier alpha value is -3.41. The number of methoxy groups -OCH3 is 1. The number of hydrogen-bond acceptors (Lipinski definition) is 5. The summed E-state index contributed by atoms with van der Waals surface area (Å²) in [6.45, 7) is 3.72. The molecule has 0 bridgehead atoms. The van der Waals surface area contributed by atoms with Crippen LogP contribution in [0, 0.1) is 13.8 Å². The molecule has 0 radical (unpaired) electrons. The van der Waals surface area contributed by atoms with Crippen LogP contribution < -0.4 is 10.4 Å². The number of aryl methyl sites for hydroxylation is 2. The van der Waals surface area contributed by atoms with Crippen LogP contribution in [-0.4, -0.2) is 21.9 Å². The lowest BCUT2D eigenvalue weighted by Crippen LogP contribution is -2.04. The highest BCUT2D eigenvalue weighted by Gasteiger charge is 2.11. The van der Waals surface area contributed by atoms with Gasteiger partial charge in [-0.1, -0.05) is 12.1 Å². The van der Waals surface area contributed by atoms with Crippen molar-refractivity contribution in [1.29, 1.82) is 0 Å². The molecule has 2 aromatic carbocycles. The van der Waals surface area contributed by atoms with E-state index < -0.39 is 0 Å². The fraction of sp³-hybridized carbons (Fsp3) is 0.150. The van der Waals surface area contributed by atoms with E-state index in [1.807, 2.05) is 56.3 Å². The van der Waals surface area contributed by atoms with Crippen LogP contribution in [0.4, 0.5) is 0 Å². The Bertz CT molecular complexity index is 1160. The summed E-state index contributed by atoms with van der Waals surface area (Å²) in [7, 11) is 1.61. The summed E-state index contributed by atoms with van der Waals surface area (Å²) in [6, 6.07) is 14.8. The topological polar surface area (TPSA) is 70.2 Å². The third-order valence-electron chi connectivity index (χ3n) is 4.24. The Labute approximate surface area is 149 Å². The molecular formula is C20H17N3O3. The van der Waals surface area contributed by atoms with Gasteiger partial charge in [-0.05, 0) is 49.7 Å². The summed E-state index contributed by atoms with van der Waals surface area (Å²) < 4.78 is 12.4. The molecule has 4 aromatic rings. The Kier molecular flexibility index (Phi) is 3.80. The Morgan fingerprint density at radius 2 is 1.81 bits per heavy atom. The van der Waals surface area contributed by atoms with E-state index in [9.17, 15) is 4.79 Å². The lowest BCUT2D eigenvalue weighted by Gasteiger charge is -2.07. The van der Waals surface area contributed by atoms with Crippen molar-refractivity contribution in [3.63, 3.8) is 0 Å². The number of ether oxygens (including phenoxy) is 1. The van der Waals surface area contributed by atoms with Crippen LogP contribution in [0.1, 0.15) is 11.6 Å². The average Bonchev–Trinajstić information content (AvgIpc) is 2.99. The van der Waals surface area contributed by atoms with Crippen molar-refractivity contribution in [2.45, 2.75) is 13.8 Å². The molecule has 2 heterocycles. The number of rotatable bonds is 3. The zero-order chi connectivity index (χ0) is 18.3. The third-order valence-corrected chi connectivity index (χ3v) is 4.24. The zero-order valence-corrected chi connectivity index (χ0v) is 14.7. The second kappa shape index (κ2) is 6.15. The van der Waals surface area contributed by atoms with Crippen LogP contribution >= 0.6 is 0 Å². The maximum absolute atomic E-state index is 12.5. The predicted octanol–water partition coefficient (Wildman–Crippen LogP) is 3.67. The van der Waals surface area contributed by atoms with Gasteiger partial charge in [0.1, 0.15) is 23.0 Å². The monoisotopic (exact) mass is 347 g/mol. The molecule has 0 unspecified atom stereocenters. The van der Waals surface area contributed by atoms with Crippen LogP contribution in [0.2, 0.25) is 0 Å². The van der Waals surface area contributed by atoms with E-state index in [-0.39, 0.29) is 5.63 Å². The predicted molar refractivity (Wildman–Crippen MR) is 98.9 cm³/mol. The number of hydrogen-bond donors (Lipinski definition) is 0. The molecule has 0 spiro atoms. The molecule has 0 saturated carbocycles. The molecule has 2 aromatic heterocycles. The lowest BCUT2D eigenvalue weighted by molar-refractivity contribution is 0.415. The molecule has 0 aliphatic carbocycles. The van der Waals surface area contributed by atoms with Crippen molar-refractivity contribution >= 4 is 11.0 Å². The van der Waals surface area contributed by atoms with Crippen molar-refractivity contribution in [2.75, 3.05) is 7.11 Å². The normalized spacial score (nSPS) is 11.0. The third kappa shape index (κ3) is 2.75. The lowest BCUT2D eigenvalue weighted by atomic mass is 10.1. The summed E-state index contributed by atoms with van der Waals surface area (Å²) in [5, 5.41) is 5.21. The highest BCUT2D eigenvalue weighted by molar-refractivity contribution is 5.83. The van der Waals surface area contributed by atoms with Crippen molar-refractivity contribution in [2.24, 2.45) is 0 Å².